The van der Waals surface area contributed by atoms with Crippen LogP contribution >= 0.6 is 11.3 Å². The molecule has 0 aromatic carbocycles. The normalized spacial score (nSPS) is 33.0. The highest BCUT2D eigenvalue weighted by Crippen LogP contribution is 2.55. The molecule has 2 unspecified atom stereocenters. The van der Waals surface area contributed by atoms with E-state index in [1.54, 1.807) is 6.20 Å². The molecule has 4 bridgehead atoms. The number of nitrogens with one attached hydrogen (secondary N) is 2. The summed E-state index contributed by atoms with van der Waals surface area (Å²) >= 11 is 1.46. The Hall–Kier alpha value is -1.99. The predicted molar refractivity (Wildman–Crippen MR) is 108 cm³/mol. The molecule has 2 aromatic heterocycles. The van der Waals surface area contributed by atoms with Crippen LogP contribution in [0.4, 0.5) is 5.13 Å². The number of carbonyl (C=O) groups is 1. The number of nitrogens with zero attached hydrogens (tertiary/aromatic N) is 2. The van der Waals surface area contributed by atoms with Crippen LogP contribution < -0.4 is 10.6 Å². The minimum atomic E-state index is -0.469. The number of anilines is 1. The first-order valence-electron chi connectivity index (χ1n) is 10.2. The Labute approximate surface area is 168 Å². The van der Waals surface area contributed by atoms with E-state index < -0.39 is 5.60 Å². The standard InChI is InChI=1S/C21H26N4O2S/c26-19(25-18-15-6-14-7-16(18)10-21(27,8-14)9-15)17-12-28-20(24-17)23-5-3-13-2-1-4-22-11-13/h1-2,4,11-12,14-16,18,27H,3,5-10H2,(H,23,24)(H,25,26). The molecule has 4 aliphatic rings. The van der Waals surface area contributed by atoms with Gasteiger partial charge in [-0.2, -0.15) is 0 Å². The van der Waals surface area contributed by atoms with Gasteiger partial charge in [0.2, 0.25) is 0 Å². The molecule has 2 atom stereocenters. The van der Waals surface area contributed by atoms with Gasteiger partial charge in [0.05, 0.1) is 5.60 Å². The van der Waals surface area contributed by atoms with Gasteiger partial charge < -0.3 is 15.7 Å². The van der Waals surface area contributed by atoms with Crippen molar-refractivity contribution in [3.63, 3.8) is 0 Å². The number of hydrogen-bond donors (Lipinski definition) is 3. The van der Waals surface area contributed by atoms with Crippen molar-refractivity contribution >= 4 is 22.4 Å². The second kappa shape index (κ2) is 7.12. The minimum absolute atomic E-state index is 0.0824. The van der Waals surface area contributed by atoms with Crippen molar-refractivity contribution in [3.8, 4) is 0 Å². The van der Waals surface area contributed by atoms with Gasteiger partial charge >= 0.3 is 0 Å². The van der Waals surface area contributed by atoms with Crippen LogP contribution in [0.15, 0.2) is 29.9 Å². The molecule has 28 heavy (non-hydrogen) atoms. The zero-order valence-electron chi connectivity index (χ0n) is 15.8. The van der Waals surface area contributed by atoms with Gasteiger partial charge in [-0.25, -0.2) is 4.98 Å². The Bertz CT molecular complexity index is 839. The molecule has 6 nitrogen and oxygen atoms in total. The molecule has 0 saturated heterocycles. The summed E-state index contributed by atoms with van der Waals surface area (Å²) in [7, 11) is 0. The van der Waals surface area contributed by atoms with Gasteiger partial charge in [-0.3, -0.25) is 9.78 Å². The number of rotatable bonds is 6. The number of hydrogen-bond acceptors (Lipinski definition) is 6. The fraction of sp³-hybridized carbons (Fsp3) is 0.571. The lowest BCUT2D eigenvalue weighted by molar-refractivity contribution is -0.136. The molecule has 6 rings (SSSR count). The van der Waals surface area contributed by atoms with Gasteiger partial charge in [-0.1, -0.05) is 6.07 Å². The highest BCUT2D eigenvalue weighted by atomic mass is 32.1. The Morgan fingerprint density at radius 2 is 2.11 bits per heavy atom. The van der Waals surface area contributed by atoms with Gasteiger partial charge in [0, 0.05) is 30.4 Å². The number of carbonyl (C=O) groups excluding carboxylic acids is 1. The molecule has 7 heteroatoms. The molecule has 4 saturated carbocycles. The van der Waals surface area contributed by atoms with Crippen LogP contribution in [0.1, 0.15) is 48.2 Å². The number of thiazole rings is 1. The molecular weight excluding hydrogens is 372 g/mol. The molecule has 148 valence electrons. The smallest absolute Gasteiger partial charge is 0.271 e. The lowest BCUT2D eigenvalue weighted by Gasteiger charge is -2.58. The van der Waals surface area contributed by atoms with E-state index in [9.17, 15) is 9.90 Å². The van der Waals surface area contributed by atoms with Gasteiger partial charge in [-0.05, 0) is 67.9 Å². The first-order chi connectivity index (χ1) is 13.6. The van der Waals surface area contributed by atoms with Gasteiger partial charge in [0.25, 0.3) is 5.91 Å². The highest BCUT2D eigenvalue weighted by molar-refractivity contribution is 7.13. The maximum absolute atomic E-state index is 12.8. The maximum Gasteiger partial charge on any atom is 0.271 e. The first kappa shape index (κ1) is 18.1. The van der Waals surface area contributed by atoms with Gasteiger partial charge in [0.15, 0.2) is 5.13 Å². The van der Waals surface area contributed by atoms with Crippen LogP contribution in [0.5, 0.6) is 0 Å². The molecule has 4 fully saturated rings. The molecule has 2 aromatic rings. The zero-order valence-corrected chi connectivity index (χ0v) is 16.6. The molecule has 2 heterocycles. The Morgan fingerprint density at radius 1 is 1.29 bits per heavy atom. The summed E-state index contributed by atoms with van der Waals surface area (Å²) < 4.78 is 0. The van der Waals surface area contributed by atoms with Crippen molar-refractivity contribution in [3.05, 3.63) is 41.2 Å². The summed E-state index contributed by atoms with van der Waals surface area (Å²) in [6.45, 7) is 0.757. The molecule has 0 radical (unpaired) electrons. The number of aromatic nitrogens is 2. The van der Waals surface area contributed by atoms with Crippen molar-refractivity contribution in [1.29, 1.82) is 0 Å². The predicted octanol–water partition coefficient (Wildman–Crippen LogP) is 2.86. The average molecular weight is 399 g/mol. The molecular formula is C21H26N4O2S. The highest BCUT2D eigenvalue weighted by Gasteiger charge is 2.55. The fourth-order valence-electron chi connectivity index (χ4n) is 5.76. The third-order valence-electron chi connectivity index (χ3n) is 6.69. The van der Waals surface area contributed by atoms with Crippen LogP contribution in [-0.2, 0) is 6.42 Å². The topological polar surface area (TPSA) is 87.1 Å². The third-order valence-corrected chi connectivity index (χ3v) is 7.49. The lowest BCUT2D eigenvalue weighted by atomic mass is 9.52. The molecule has 4 aliphatic carbocycles. The average Bonchev–Trinajstić information content (AvgIpc) is 3.13. The minimum Gasteiger partial charge on any atom is -0.390 e. The second-order valence-electron chi connectivity index (χ2n) is 8.77. The summed E-state index contributed by atoms with van der Waals surface area (Å²) in [5, 5.41) is 19.8. The van der Waals surface area contributed by atoms with E-state index in [4.69, 9.17) is 0 Å². The van der Waals surface area contributed by atoms with Crippen molar-refractivity contribution in [1.82, 2.24) is 15.3 Å². The quantitative estimate of drug-likeness (QED) is 0.696. The summed E-state index contributed by atoms with van der Waals surface area (Å²) in [5.74, 6) is 1.39. The van der Waals surface area contributed by atoms with E-state index in [2.05, 4.69) is 26.7 Å². The molecule has 0 aliphatic heterocycles. The summed E-state index contributed by atoms with van der Waals surface area (Å²) in [4.78, 5) is 21.3. The van der Waals surface area contributed by atoms with Crippen molar-refractivity contribution < 1.29 is 9.90 Å². The third kappa shape index (κ3) is 3.53. The monoisotopic (exact) mass is 398 g/mol. The van der Waals surface area contributed by atoms with E-state index in [1.807, 2.05) is 17.6 Å². The lowest BCUT2D eigenvalue weighted by Crippen LogP contribution is -2.61. The summed E-state index contributed by atoms with van der Waals surface area (Å²) in [5.41, 5.74) is 1.19. The van der Waals surface area contributed by atoms with Crippen molar-refractivity contribution in [2.75, 3.05) is 11.9 Å². The summed E-state index contributed by atoms with van der Waals surface area (Å²) in [6, 6.07) is 4.17. The van der Waals surface area contributed by atoms with E-state index in [0.717, 1.165) is 50.2 Å². The van der Waals surface area contributed by atoms with Crippen LogP contribution in [0.3, 0.4) is 0 Å². The van der Waals surface area contributed by atoms with E-state index in [0.29, 0.717) is 23.4 Å². The van der Waals surface area contributed by atoms with Crippen molar-refractivity contribution in [2.45, 2.75) is 50.2 Å². The van der Waals surface area contributed by atoms with Crippen molar-refractivity contribution in [2.24, 2.45) is 17.8 Å². The maximum atomic E-state index is 12.8. The second-order valence-corrected chi connectivity index (χ2v) is 9.63. The fourth-order valence-corrected chi connectivity index (χ4v) is 6.48. The number of amides is 1. The molecule has 3 N–H and O–H groups in total. The Kier molecular flexibility index (Phi) is 4.59. The van der Waals surface area contributed by atoms with Gasteiger partial charge in [-0.15, -0.1) is 11.3 Å². The van der Waals surface area contributed by atoms with Crippen LogP contribution in [0.25, 0.3) is 0 Å². The molecule has 0 spiro atoms. The Balaban J connectivity index is 1.17. The van der Waals surface area contributed by atoms with Gasteiger partial charge in [0.1, 0.15) is 5.69 Å². The van der Waals surface area contributed by atoms with Crippen LogP contribution in [-0.4, -0.2) is 39.2 Å². The van der Waals surface area contributed by atoms with E-state index in [1.165, 1.54) is 16.9 Å². The molecule has 1 amide bonds. The zero-order chi connectivity index (χ0) is 19.1. The number of aliphatic hydroxyl groups is 1. The van der Waals surface area contributed by atoms with E-state index >= 15 is 0 Å². The largest absolute Gasteiger partial charge is 0.390 e. The number of pyridine rings is 1. The van der Waals surface area contributed by atoms with E-state index in [-0.39, 0.29) is 11.9 Å². The SMILES string of the molecule is O=C(NC1C2CC3CC1CC(O)(C3)C2)c1csc(NCCc2cccnc2)n1. The first-order valence-corrected chi connectivity index (χ1v) is 11.1. The summed E-state index contributed by atoms with van der Waals surface area (Å²) in [6.07, 6.45) is 9.41. The van der Waals surface area contributed by atoms with Crippen LogP contribution in [0.2, 0.25) is 0 Å². The Morgan fingerprint density at radius 3 is 2.82 bits per heavy atom. The van der Waals surface area contributed by atoms with Crippen LogP contribution in [0, 0.1) is 17.8 Å².